The first kappa shape index (κ1) is 21.8. The molecule has 0 aliphatic carbocycles. The van der Waals surface area contributed by atoms with E-state index < -0.39 is 40.6 Å². The van der Waals surface area contributed by atoms with E-state index in [2.05, 4.69) is 10.6 Å². The van der Waals surface area contributed by atoms with Gasteiger partial charge in [-0.2, -0.15) is 13.2 Å². The van der Waals surface area contributed by atoms with Crippen LogP contribution < -0.4 is 16.2 Å². The van der Waals surface area contributed by atoms with Crippen LogP contribution in [0.15, 0.2) is 59.5 Å². The molecule has 0 aliphatic rings. The van der Waals surface area contributed by atoms with Crippen LogP contribution in [0.5, 0.6) is 0 Å². The molecule has 0 bridgehead atoms. The molecule has 1 aromatic heterocycles. The second-order valence-corrected chi connectivity index (χ2v) is 6.51. The maximum Gasteiger partial charge on any atom is 0.417 e. The van der Waals surface area contributed by atoms with Crippen molar-refractivity contribution in [1.29, 1.82) is 0 Å². The Morgan fingerprint density at radius 3 is 2.26 bits per heavy atom. The van der Waals surface area contributed by atoms with Crippen molar-refractivity contribution in [3.63, 3.8) is 0 Å². The second kappa shape index (κ2) is 8.42. The van der Waals surface area contributed by atoms with Crippen molar-refractivity contribution < 1.29 is 27.2 Å². The summed E-state index contributed by atoms with van der Waals surface area (Å²) in [6.45, 7) is 1.57. The third kappa shape index (κ3) is 4.80. The number of para-hydroxylation sites is 1. The number of carbonyl (C=O) groups is 2. The average molecular weight is 433 g/mol. The van der Waals surface area contributed by atoms with Gasteiger partial charge in [0, 0.05) is 6.20 Å². The Balaban J connectivity index is 1.93. The van der Waals surface area contributed by atoms with E-state index in [-0.39, 0.29) is 16.8 Å². The number of rotatable bonds is 4. The Kier molecular flexibility index (Phi) is 5.91. The predicted octanol–water partition coefficient (Wildman–Crippen LogP) is 4.35. The van der Waals surface area contributed by atoms with E-state index in [1.165, 1.54) is 30.3 Å². The summed E-state index contributed by atoms with van der Waals surface area (Å²) in [5.74, 6) is -2.52. The summed E-state index contributed by atoms with van der Waals surface area (Å²) in [7, 11) is 0. The Morgan fingerprint density at radius 1 is 0.935 bits per heavy atom. The van der Waals surface area contributed by atoms with E-state index in [9.17, 15) is 31.9 Å². The molecule has 0 saturated carbocycles. The molecule has 0 unspecified atom stereocenters. The van der Waals surface area contributed by atoms with Crippen molar-refractivity contribution in [1.82, 2.24) is 4.98 Å². The number of H-pyrrole nitrogens is 1. The molecule has 0 aliphatic heterocycles. The first-order valence-corrected chi connectivity index (χ1v) is 8.84. The minimum atomic E-state index is -4.73. The number of hydrogen-bond acceptors (Lipinski definition) is 3. The lowest BCUT2D eigenvalue weighted by molar-refractivity contribution is -0.137. The van der Waals surface area contributed by atoms with Crippen LogP contribution in [0.3, 0.4) is 0 Å². The Bertz CT molecular complexity index is 1220. The smallest absolute Gasteiger partial charge is 0.327 e. The third-order valence-electron chi connectivity index (χ3n) is 4.35. The van der Waals surface area contributed by atoms with Gasteiger partial charge in [0.1, 0.15) is 11.5 Å². The number of pyridine rings is 1. The largest absolute Gasteiger partial charge is 0.417 e. The van der Waals surface area contributed by atoms with Crippen LogP contribution in [-0.4, -0.2) is 16.8 Å². The molecular formula is C21H15F4N3O3. The van der Waals surface area contributed by atoms with E-state index in [1.54, 1.807) is 13.0 Å². The minimum Gasteiger partial charge on any atom is -0.327 e. The second-order valence-electron chi connectivity index (χ2n) is 6.51. The van der Waals surface area contributed by atoms with Gasteiger partial charge in [0.25, 0.3) is 17.4 Å². The Morgan fingerprint density at radius 2 is 1.58 bits per heavy atom. The number of anilines is 2. The average Bonchev–Trinajstić information content (AvgIpc) is 2.70. The zero-order chi connectivity index (χ0) is 22.8. The van der Waals surface area contributed by atoms with Gasteiger partial charge in [0.2, 0.25) is 0 Å². The lowest BCUT2D eigenvalue weighted by atomic mass is 10.1. The van der Waals surface area contributed by atoms with Crippen molar-refractivity contribution in [2.45, 2.75) is 13.1 Å². The standard InChI is InChI=1S/C21H15F4N3O3/c1-11-5-4-7-14(17(11)28-18(29)13-6-2-3-8-15(13)22)19(30)27-16-9-12(21(23,24)25)10-26-20(16)31/h2-10H,1H3,(H,26,31)(H,27,30)(H,28,29). The molecule has 160 valence electrons. The summed E-state index contributed by atoms with van der Waals surface area (Å²) < 4.78 is 52.6. The minimum absolute atomic E-state index is 0.0247. The van der Waals surface area contributed by atoms with Gasteiger partial charge < -0.3 is 15.6 Å². The third-order valence-corrected chi connectivity index (χ3v) is 4.35. The Hall–Kier alpha value is -3.95. The maximum atomic E-state index is 13.9. The number of benzene rings is 2. The summed E-state index contributed by atoms with van der Waals surface area (Å²) >= 11 is 0. The van der Waals surface area contributed by atoms with Crippen LogP contribution in [0.25, 0.3) is 0 Å². The number of aromatic nitrogens is 1. The summed E-state index contributed by atoms with van der Waals surface area (Å²) in [5.41, 5.74) is -2.63. The van der Waals surface area contributed by atoms with E-state index >= 15 is 0 Å². The van der Waals surface area contributed by atoms with Gasteiger partial charge in [-0.25, -0.2) is 4.39 Å². The number of halogens is 4. The van der Waals surface area contributed by atoms with Gasteiger partial charge >= 0.3 is 6.18 Å². The molecule has 3 rings (SSSR count). The number of alkyl halides is 3. The van der Waals surface area contributed by atoms with Crippen LogP contribution in [-0.2, 0) is 6.18 Å². The van der Waals surface area contributed by atoms with Gasteiger partial charge in [0.05, 0.1) is 22.4 Å². The molecule has 3 aromatic rings. The zero-order valence-corrected chi connectivity index (χ0v) is 15.9. The molecule has 0 spiro atoms. The van der Waals surface area contributed by atoms with Gasteiger partial charge in [-0.05, 0) is 36.8 Å². The fraction of sp³-hybridized carbons (Fsp3) is 0.0952. The lowest BCUT2D eigenvalue weighted by Gasteiger charge is -2.15. The van der Waals surface area contributed by atoms with Gasteiger partial charge in [-0.1, -0.05) is 24.3 Å². The molecule has 0 saturated heterocycles. The van der Waals surface area contributed by atoms with Gasteiger partial charge in [-0.3, -0.25) is 14.4 Å². The molecule has 0 radical (unpaired) electrons. The molecule has 1 heterocycles. The molecule has 2 amide bonds. The van der Waals surface area contributed by atoms with Crippen LogP contribution in [0, 0.1) is 12.7 Å². The van der Waals surface area contributed by atoms with Crippen molar-refractivity contribution in [3.05, 3.63) is 93.2 Å². The molecule has 3 N–H and O–H groups in total. The highest BCUT2D eigenvalue weighted by molar-refractivity contribution is 6.13. The number of amides is 2. The van der Waals surface area contributed by atoms with E-state index in [0.29, 0.717) is 17.8 Å². The Labute approximate surface area is 172 Å². The van der Waals surface area contributed by atoms with E-state index in [0.717, 1.165) is 6.07 Å². The van der Waals surface area contributed by atoms with Gasteiger partial charge in [0.15, 0.2) is 0 Å². The van der Waals surface area contributed by atoms with Crippen LogP contribution >= 0.6 is 0 Å². The number of aromatic amines is 1. The summed E-state index contributed by atoms with van der Waals surface area (Å²) in [6, 6.07) is 10.1. The molecule has 0 fully saturated rings. The van der Waals surface area contributed by atoms with E-state index in [1.807, 2.05) is 4.98 Å². The van der Waals surface area contributed by atoms with Crippen molar-refractivity contribution in [2.24, 2.45) is 0 Å². The fourth-order valence-electron chi connectivity index (χ4n) is 2.78. The van der Waals surface area contributed by atoms with Crippen LogP contribution in [0.2, 0.25) is 0 Å². The highest BCUT2D eigenvalue weighted by Crippen LogP contribution is 2.29. The quantitative estimate of drug-likeness (QED) is 0.535. The molecule has 10 heteroatoms. The number of carbonyl (C=O) groups excluding carboxylic acids is 2. The number of aryl methyl sites for hydroxylation is 1. The highest BCUT2D eigenvalue weighted by atomic mass is 19.4. The maximum absolute atomic E-state index is 13.9. The molecule has 6 nitrogen and oxygen atoms in total. The monoisotopic (exact) mass is 433 g/mol. The first-order valence-electron chi connectivity index (χ1n) is 8.84. The van der Waals surface area contributed by atoms with Crippen molar-refractivity contribution >= 4 is 23.2 Å². The van der Waals surface area contributed by atoms with Gasteiger partial charge in [-0.15, -0.1) is 0 Å². The first-order chi connectivity index (χ1) is 14.6. The highest BCUT2D eigenvalue weighted by Gasteiger charge is 2.31. The zero-order valence-electron chi connectivity index (χ0n) is 15.9. The number of nitrogens with one attached hydrogen (secondary N) is 3. The molecule has 0 atom stereocenters. The number of hydrogen-bond donors (Lipinski definition) is 3. The summed E-state index contributed by atoms with van der Waals surface area (Å²) in [5, 5.41) is 4.57. The summed E-state index contributed by atoms with van der Waals surface area (Å²) in [6.07, 6.45) is -4.24. The topological polar surface area (TPSA) is 91.1 Å². The summed E-state index contributed by atoms with van der Waals surface area (Å²) in [4.78, 5) is 39.0. The van der Waals surface area contributed by atoms with Crippen LogP contribution in [0.4, 0.5) is 28.9 Å². The normalized spacial score (nSPS) is 11.1. The fourth-order valence-corrected chi connectivity index (χ4v) is 2.78. The lowest BCUT2D eigenvalue weighted by Crippen LogP contribution is -2.23. The SMILES string of the molecule is Cc1cccc(C(=O)Nc2cc(C(F)(F)F)c[nH]c2=O)c1NC(=O)c1ccccc1F. The molecular weight excluding hydrogens is 418 g/mol. The molecule has 31 heavy (non-hydrogen) atoms. The van der Waals surface area contributed by atoms with Crippen molar-refractivity contribution in [3.8, 4) is 0 Å². The predicted molar refractivity (Wildman–Crippen MR) is 106 cm³/mol. The van der Waals surface area contributed by atoms with E-state index in [4.69, 9.17) is 0 Å². The van der Waals surface area contributed by atoms with Crippen LogP contribution in [0.1, 0.15) is 31.8 Å². The molecule has 2 aromatic carbocycles. The van der Waals surface area contributed by atoms with Crippen molar-refractivity contribution in [2.75, 3.05) is 10.6 Å².